The summed E-state index contributed by atoms with van der Waals surface area (Å²) < 4.78 is 11.3. The number of aliphatic hydroxyl groups is 1. The average molecular weight is 329 g/mol. The lowest BCUT2D eigenvalue weighted by molar-refractivity contribution is 0.137. The van der Waals surface area contributed by atoms with Gasteiger partial charge in [0.1, 0.15) is 0 Å². The lowest BCUT2D eigenvalue weighted by Gasteiger charge is -2.40. The number of hydrogen-bond acceptors (Lipinski definition) is 4. The predicted octanol–water partition coefficient (Wildman–Crippen LogP) is 2.84. The van der Waals surface area contributed by atoms with Gasteiger partial charge in [0, 0.05) is 17.0 Å². The summed E-state index contributed by atoms with van der Waals surface area (Å²) in [6.07, 6.45) is 8.21. The van der Waals surface area contributed by atoms with E-state index >= 15 is 0 Å². The van der Waals surface area contributed by atoms with Crippen molar-refractivity contribution in [2.24, 2.45) is 0 Å². The van der Waals surface area contributed by atoms with Crippen molar-refractivity contribution in [2.45, 2.75) is 49.2 Å². The summed E-state index contributed by atoms with van der Waals surface area (Å²) in [6, 6.07) is 4.83. The highest BCUT2D eigenvalue weighted by molar-refractivity contribution is 5.55. The van der Waals surface area contributed by atoms with Crippen LogP contribution in [0, 0.1) is 0 Å². The lowest BCUT2D eigenvalue weighted by atomic mass is 9.69. The highest BCUT2D eigenvalue weighted by atomic mass is 16.5. The number of hydrogen-bond donors (Lipinski definition) is 1. The van der Waals surface area contributed by atoms with E-state index in [-0.39, 0.29) is 11.5 Å². The van der Waals surface area contributed by atoms with Crippen LogP contribution >= 0.6 is 0 Å². The van der Waals surface area contributed by atoms with Crippen molar-refractivity contribution in [1.29, 1.82) is 0 Å². The fourth-order valence-electron chi connectivity index (χ4n) is 4.64. The van der Waals surface area contributed by atoms with Crippen LogP contribution in [0.2, 0.25) is 0 Å². The summed E-state index contributed by atoms with van der Waals surface area (Å²) in [7, 11) is 5.61. The first-order valence-electron chi connectivity index (χ1n) is 8.93. The van der Waals surface area contributed by atoms with Crippen LogP contribution in [0.4, 0.5) is 0 Å². The van der Waals surface area contributed by atoms with Crippen molar-refractivity contribution in [2.75, 3.05) is 27.8 Å². The van der Waals surface area contributed by atoms with Crippen LogP contribution in [0.3, 0.4) is 0 Å². The Morgan fingerprint density at radius 1 is 1.21 bits per heavy atom. The lowest BCUT2D eigenvalue weighted by Crippen LogP contribution is -2.44. The standard InChI is InChI=1S/C20H27NO3/c1-21-9-8-20(7-6-15(22)12-18(20)21)14-10-16(13-4-5-13)19(24-3)17(11-14)23-2/h6-7,10-11,13,15,18,22H,4-5,8-9,12H2,1-3H3/t15-,18+,20+/m1/s1. The van der Waals surface area contributed by atoms with Crippen molar-refractivity contribution in [3.63, 3.8) is 0 Å². The van der Waals surface area contributed by atoms with Gasteiger partial charge in [-0.15, -0.1) is 0 Å². The molecule has 1 aromatic rings. The van der Waals surface area contributed by atoms with Crippen molar-refractivity contribution < 1.29 is 14.6 Å². The van der Waals surface area contributed by atoms with E-state index in [0.29, 0.717) is 12.0 Å². The molecule has 24 heavy (non-hydrogen) atoms. The van der Waals surface area contributed by atoms with Gasteiger partial charge >= 0.3 is 0 Å². The molecule has 1 aliphatic heterocycles. The molecule has 1 saturated carbocycles. The zero-order chi connectivity index (χ0) is 16.9. The van der Waals surface area contributed by atoms with Crippen molar-refractivity contribution in [3.05, 3.63) is 35.4 Å². The number of fused-ring (bicyclic) bond motifs is 1. The number of aliphatic hydroxyl groups excluding tert-OH is 1. The molecule has 0 unspecified atom stereocenters. The molecule has 0 aromatic heterocycles. The van der Waals surface area contributed by atoms with Gasteiger partial charge in [0.05, 0.1) is 20.3 Å². The van der Waals surface area contributed by atoms with Crippen molar-refractivity contribution in [1.82, 2.24) is 4.90 Å². The molecule has 1 aromatic carbocycles. The minimum absolute atomic E-state index is 0.0306. The van der Waals surface area contributed by atoms with E-state index in [9.17, 15) is 5.11 Å². The Labute approximate surface area is 144 Å². The van der Waals surface area contributed by atoms with Gasteiger partial charge in [0.15, 0.2) is 11.5 Å². The smallest absolute Gasteiger partial charge is 0.164 e. The first-order chi connectivity index (χ1) is 11.6. The third-order valence-electron chi connectivity index (χ3n) is 6.15. The summed E-state index contributed by atoms with van der Waals surface area (Å²) in [5.41, 5.74) is 2.56. The van der Waals surface area contributed by atoms with Gasteiger partial charge in [-0.1, -0.05) is 18.2 Å². The van der Waals surface area contributed by atoms with Crippen LogP contribution in [-0.4, -0.2) is 50.0 Å². The summed E-state index contributed by atoms with van der Waals surface area (Å²) in [5.74, 6) is 2.32. The quantitative estimate of drug-likeness (QED) is 0.863. The maximum absolute atomic E-state index is 10.1. The molecule has 4 rings (SSSR count). The third kappa shape index (κ3) is 2.35. The molecular formula is C20H27NO3. The molecule has 1 N–H and O–H groups in total. The summed E-state index contributed by atoms with van der Waals surface area (Å²) >= 11 is 0. The molecule has 4 nitrogen and oxygen atoms in total. The van der Waals surface area contributed by atoms with E-state index in [4.69, 9.17) is 9.47 Å². The largest absolute Gasteiger partial charge is 0.493 e. The topological polar surface area (TPSA) is 41.9 Å². The van der Waals surface area contributed by atoms with E-state index in [2.05, 4.69) is 30.2 Å². The van der Waals surface area contributed by atoms with Gasteiger partial charge in [-0.2, -0.15) is 0 Å². The summed E-state index contributed by atoms with van der Waals surface area (Å²) in [4.78, 5) is 2.39. The number of benzene rings is 1. The van der Waals surface area contributed by atoms with E-state index in [0.717, 1.165) is 30.9 Å². The Bertz CT molecular complexity index is 667. The van der Waals surface area contributed by atoms with Crippen LogP contribution in [-0.2, 0) is 5.41 Å². The number of rotatable bonds is 4. The second kappa shape index (κ2) is 5.78. The SMILES string of the molecule is COc1cc([C@@]23C=C[C@@H](O)C[C@@H]2N(C)CC3)cc(C2CC2)c1OC. The Balaban J connectivity index is 1.86. The number of ether oxygens (including phenoxy) is 2. The van der Waals surface area contributed by atoms with E-state index in [1.165, 1.54) is 24.0 Å². The highest BCUT2D eigenvalue weighted by Gasteiger charge is 2.48. The van der Waals surface area contributed by atoms with E-state index in [1.807, 2.05) is 6.08 Å². The van der Waals surface area contributed by atoms with Crippen molar-refractivity contribution >= 4 is 0 Å². The molecule has 0 spiro atoms. The Kier molecular flexibility index (Phi) is 3.85. The Hall–Kier alpha value is -1.52. The van der Waals surface area contributed by atoms with Crippen LogP contribution in [0.15, 0.2) is 24.3 Å². The van der Waals surface area contributed by atoms with Gasteiger partial charge in [0.25, 0.3) is 0 Å². The second-order valence-electron chi connectivity index (χ2n) is 7.52. The van der Waals surface area contributed by atoms with Crippen LogP contribution in [0.5, 0.6) is 11.5 Å². The number of nitrogens with zero attached hydrogens (tertiary/aromatic N) is 1. The first kappa shape index (κ1) is 16.0. The fourth-order valence-corrected chi connectivity index (χ4v) is 4.64. The maximum atomic E-state index is 10.1. The summed E-state index contributed by atoms with van der Waals surface area (Å²) in [6.45, 7) is 1.05. The Morgan fingerprint density at radius 2 is 2.00 bits per heavy atom. The van der Waals surface area contributed by atoms with Crippen LogP contribution in [0.25, 0.3) is 0 Å². The molecule has 0 radical (unpaired) electrons. The Morgan fingerprint density at radius 3 is 2.67 bits per heavy atom. The van der Waals surface area contributed by atoms with Gasteiger partial charge in [-0.3, -0.25) is 0 Å². The fraction of sp³-hybridized carbons (Fsp3) is 0.600. The number of likely N-dealkylation sites (N-methyl/N-ethyl adjacent to an activating group) is 1. The van der Waals surface area contributed by atoms with Gasteiger partial charge in [-0.25, -0.2) is 0 Å². The molecule has 1 heterocycles. The molecule has 4 heteroatoms. The molecule has 0 amide bonds. The molecule has 130 valence electrons. The average Bonchev–Trinajstić information content (AvgIpc) is 3.39. The van der Waals surface area contributed by atoms with Gasteiger partial charge < -0.3 is 19.5 Å². The first-order valence-corrected chi connectivity index (χ1v) is 8.93. The second-order valence-corrected chi connectivity index (χ2v) is 7.52. The van der Waals surface area contributed by atoms with Crippen LogP contribution in [0.1, 0.15) is 42.7 Å². The maximum Gasteiger partial charge on any atom is 0.164 e. The van der Waals surface area contributed by atoms with Gasteiger partial charge in [0.2, 0.25) is 0 Å². The van der Waals surface area contributed by atoms with Crippen molar-refractivity contribution in [3.8, 4) is 11.5 Å². The normalized spacial score (nSPS) is 32.7. The number of methoxy groups -OCH3 is 2. The zero-order valence-electron chi connectivity index (χ0n) is 14.8. The molecule has 0 bridgehead atoms. The predicted molar refractivity (Wildman–Crippen MR) is 94.0 cm³/mol. The zero-order valence-corrected chi connectivity index (χ0v) is 14.8. The molecule has 3 atom stereocenters. The monoisotopic (exact) mass is 329 g/mol. The molecule has 1 saturated heterocycles. The van der Waals surface area contributed by atoms with E-state index < -0.39 is 0 Å². The number of likely N-dealkylation sites (tertiary alicyclic amines) is 1. The minimum atomic E-state index is -0.341. The van der Waals surface area contributed by atoms with Crippen LogP contribution < -0.4 is 9.47 Å². The molecule has 2 fully saturated rings. The molecule has 3 aliphatic rings. The molecule has 2 aliphatic carbocycles. The van der Waals surface area contributed by atoms with Gasteiger partial charge in [-0.05, 0) is 56.8 Å². The third-order valence-corrected chi connectivity index (χ3v) is 6.15. The van der Waals surface area contributed by atoms with E-state index in [1.54, 1.807) is 14.2 Å². The molecular weight excluding hydrogens is 302 g/mol. The highest BCUT2D eigenvalue weighted by Crippen LogP contribution is 2.52. The summed E-state index contributed by atoms with van der Waals surface area (Å²) in [5, 5.41) is 10.1. The minimum Gasteiger partial charge on any atom is -0.493 e.